The van der Waals surface area contributed by atoms with Gasteiger partial charge in [-0.1, -0.05) is 36.4 Å². The highest BCUT2D eigenvalue weighted by molar-refractivity contribution is 9.10. The SMILES string of the molecule is COc1ccc(C(=O)NC(=S)N(Cc2ccccc2CO)c2cc(C)ccc2C)cc1Br. The summed E-state index contributed by atoms with van der Waals surface area (Å²) in [6, 6.07) is 18.9. The maximum atomic E-state index is 12.9. The van der Waals surface area contributed by atoms with Gasteiger partial charge in [0.1, 0.15) is 5.75 Å². The van der Waals surface area contributed by atoms with E-state index in [0.29, 0.717) is 22.3 Å². The predicted octanol–water partition coefficient (Wildman–Crippen LogP) is 5.29. The molecule has 1 amide bonds. The number of anilines is 1. The summed E-state index contributed by atoms with van der Waals surface area (Å²) in [6.45, 7) is 4.35. The summed E-state index contributed by atoms with van der Waals surface area (Å²) in [7, 11) is 1.57. The third-order valence-corrected chi connectivity index (χ3v) is 6.09. The number of thiocarbonyl (C=S) groups is 1. The van der Waals surface area contributed by atoms with Crippen molar-refractivity contribution < 1.29 is 14.6 Å². The molecule has 0 radical (unpaired) electrons. The molecule has 0 fully saturated rings. The van der Waals surface area contributed by atoms with Gasteiger partial charge in [-0.15, -0.1) is 0 Å². The van der Waals surface area contributed by atoms with E-state index in [-0.39, 0.29) is 17.6 Å². The van der Waals surface area contributed by atoms with Crippen LogP contribution in [-0.2, 0) is 13.2 Å². The number of hydrogen-bond donors (Lipinski definition) is 2. The van der Waals surface area contributed by atoms with Gasteiger partial charge in [-0.2, -0.15) is 0 Å². The third-order valence-electron chi connectivity index (χ3n) is 5.15. The highest BCUT2D eigenvalue weighted by Crippen LogP contribution is 2.27. The molecule has 0 saturated heterocycles. The molecule has 0 heterocycles. The molecule has 0 aliphatic heterocycles. The smallest absolute Gasteiger partial charge is 0.257 e. The molecule has 0 unspecified atom stereocenters. The highest BCUT2D eigenvalue weighted by Gasteiger charge is 2.20. The molecule has 0 spiro atoms. The topological polar surface area (TPSA) is 61.8 Å². The van der Waals surface area contributed by atoms with Gasteiger partial charge >= 0.3 is 0 Å². The predicted molar refractivity (Wildman–Crippen MR) is 135 cm³/mol. The Morgan fingerprint density at radius 1 is 1.09 bits per heavy atom. The Hall–Kier alpha value is -2.74. The van der Waals surface area contributed by atoms with E-state index in [2.05, 4.69) is 21.2 Å². The molecule has 0 atom stereocenters. The molecule has 0 bridgehead atoms. The van der Waals surface area contributed by atoms with Crippen molar-refractivity contribution in [3.05, 3.63) is 93.0 Å². The summed E-state index contributed by atoms with van der Waals surface area (Å²) in [6.07, 6.45) is 0. The van der Waals surface area contributed by atoms with Crippen LogP contribution in [0.15, 0.2) is 65.1 Å². The number of benzene rings is 3. The number of carbonyl (C=O) groups is 1. The van der Waals surface area contributed by atoms with Crippen LogP contribution in [0.3, 0.4) is 0 Å². The minimum atomic E-state index is -0.316. The Morgan fingerprint density at radius 2 is 1.81 bits per heavy atom. The van der Waals surface area contributed by atoms with E-state index in [1.54, 1.807) is 25.3 Å². The minimum absolute atomic E-state index is 0.0736. The van der Waals surface area contributed by atoms with E-state index >= 15 is 0 Å². The number of carbonyl (C=O) groups excluding carboxylic acids is 1. The second-order valence-electron chi connectivity index (χ2n) is 7.41. The first-order valence-electron chi connectivity index (χ1n) is 10.0. The molecule has 166 valence electrons. The van der Waals surface area contributed by atoms with Crippen LogP contribution < -0.4 is 15.0 Å². The number of ether oxygens (including phenoxy) is 1. The zero-order chi connectivity index (χ0) is 23.3. The van der Waals surface area contributed by atoms with Gasteiger partial charge in [-0.25, -0.2) is 0 Å². The van der Waals surface area contributed by atoms with E-state index in [1.165, 1.54) is 0 Å². The van der Waals surface area contributed by atoms with Gasteiger partial charge in [0.2, 0.25) is 0 Å². The van der Waals surface area contributed by atoms with Crippen molar-refractivity contribution in [3.63, 3.8) is 0 Å². The van der Waals surface area contributed by atoms with Gasteiger partial charge in [0.05, 0.1) is 24.7 Å². The lowest BCUT2D eigenvalue weighted by atomic mass is 10.1. The first kappa shape index (κ1) is 23.9. The van der Waals surface area contributed by atoms with Crippen molar-refractivity contribution in [1.29, 1.82) is 0 Å². The van der Waals surface area contributed by atoms with Crippen LogP contribution in [-0.4, -0.2) is 23.2 Å². The Balaban J connectivity index is 1.93. The Morgan fingerprint density at radius 3 is 2.47 bits per heavy atom. The first-order valence-corrected chi connectivity index (χ1v) is 11.3. The van der Waals surface area contributed by atoms with Crippen LogP contribution in [0.2, 0.25) is 0 Å². The van der Waals surface area contributed by atoms with Crippen LogP contribution in [0.25, 0.3) is 0 Å². The quantitative estimate of drug-likeness (QED) is 0.439. The third kappa shape index (κ3) is 5.54. The molecule has 0 aliphatic carbocycles. The number of nitrogens with zero attached hydrogens (tertiary/aromatic N) is 1. The molecule has 2 N–H and O–H groups in total. The second kappa shape index (κ2) is 10.7. The first-order chi connectivity index (χ1) is 15.3. The summed E-state index contributed by atoms with van der Waals surface area (Å²) in [5, 5.41) is 12.9. The molecule has 3 aromatic carbocycles. The fraction of sp³-hybridized carbons (Fsp3) is 0.200. The fourth-order valence-corrected chi connectivity index (χ4v) is 4.15. The van der Waals surface area contributed by atoms with E-state index in [0.717, 1.165) is 27.9 Å². The maximum absolute atomic E-state index is 12.9. The van der Waals surface area contributed by atoms with Crippen molar-refractivity contribution in [2.45, 2.75) is 27.0 Å². The largest absolute Gasteiger partial charge is 0.496 e. The molecular formula is C25H25BrN2O3S. The number of halogens is 1. The van der Waals surface area contributed by atoms with E-state index < -0.39 is 0 Å². The normalized spacial score (nSPS) is 10.5. The molecule has 3 rings (SSSR count). The lowest BCUT2D eigenvalue weighted by Crippen LogP contribution is -2.43. The molecule has 0 aromatic heterocycles. The van der Waals surface area contributed by atoms with Gasteiger partial charge < -0.3 is 14.7 Å². The molecule has 3 aromatic rings. The van der Waals surface area contributed by atoms with Crippen LogP contribution in [0.5, 0.6) is 5.75 Å². The zero-order valence-corrected chi connectivity index (χ0v) is 20.6. The standard InChI is InChI=1S/C25H25BrN2O3S/c1-16-8-9-17(2)22(12-16)28(14-19-6-4-5-7-20(19)15-29)25(32)27-24(30)18-10-11-23(31-3)21(26)13-18/h4-13,29H,14-15H2,1-3H3,(H,27,30,32). The van der Waals surface area contributed by atoms with Gasteiger partial charge in [-0.3, -0.25) is 10.1 Å². The molecule has 32 heavy (non-hydrogen) atoms. The van der Waals surface area contributed by atoms with E-state index in [4.69, 9.17) is 17.0 Å². The van der Waals surface area contributed by atoms with Crippen molar-refractivity contribution in [2.75, 3.05) is 12.0 Å². The molecule has 5 nitrogen and oxygen atoms in total. The monoisotopic (exact) mass is 512 g/mol. The zero-order valence-electron chi connectivity index (χ0n) is 18.2. The van der Waals surface area contributed by atoms with Crippen molar-refractivity contribution in [3.8, 4) is 5.75 Å². The number of hydrogen-bond acceptors (Lipinski definition) is 4. The molecule has 0 aliphatic rings. The molecule has 7 heteroatoms. The summed E-state index contributed by atoms with van der Waals surface area (Å²) in [5.41, 5.74) is 5.21. The number of methoxy groups -OCH3 is 1. The lowest BCUT2D eigenvalue weighted by molar-refractivity contribution is 0.0977. The van der Waals surface area contributed by atoms with Gasteiger partial charge in [-0.05, 0) is 88.5 Å². The molecule has 0 saturated carbocycles. The fourth-order valence-electron chi connectivity index (χ4n) is 3.36. The maximum Gasteiger partial charge on any atom is 0.257 e. The average molecular weight is 513 g/mol. The highest BCUT2D eigenvalue weighted by atomic mass is 79.9. The summed E-state index contributed by atoms with van der Waals surface area (Å²) >= 11 is 9.10. The van der Waals surface area contributed by atoms with E-state index in [9.17, 15) is 9.90 Å². The van der Waals surface area contributed by atoms with Crippen molar-refractivity contribution in [1.82, 2.24) is 5.32 Å². The average Bonchev–Trinajstić information content (AvgIpc) is 2.79. The number of aryl methyl sites for hydroxylation is 2. The second-order valence-corrected chi connectivity index (χ2v) is 8.65. The van der Waals surface area contributed by atoms with Gasteiger partial charge in [0.15, 0.2) is 5.11 Å². The number of rotatable bonds is 6. The number of aliphatic hydroxyl groups excluding tert-OH is 1. The summed E-state index contributed by atoms with van der Waals surface area (Å²) in [4.78, 5) is 14.8. The number of nitrogens with one attached hydrogen (secondary N) is 1. The van der Waals surface area contributed by atoms with Gasteiger partial charge in [0.25, 0.3) is 5.91 Å². The number of amides is 1. The van der Waals surface area contributed by atoms with Crippen molar-refractivity contribution in [2.24, 2.45) is 0 Å². The van der Waals surface area contributed by atoms with Crippen LogP contribution in [0.1, 0.15) is 32.6 Å². The van der Waals surface area contributed by atoms with Crippen molar-refractivity contribution >= 4 is 44.9 Å². The Bertz CT molecular complexity index is 1150. The van der Waals surface area contributed by atoms with Gasteiger partial charge in [0, 0.05) is 11.3 Å². The Kier molecular flexibility index (Phi) is 8.01. The lowest BCUT2D eigenvalue weighted by Gasteiger charge is -2.28. The number of aliphatic hydroxyl groups is 1. The minimum Gasteiger partial charge on any atom is -0.496 e. The molecular weight excluding hydrogens is 488 g/mol. The summed E-state index contributed by atoms with van der Waals surface area (Å²) < 4.78 is 5.92. The van der Waals surface area contributed by atoms with Crippen LogP contribution in [0.4, 0.5) is 5.69 Å². The van der Waals surface area contributed by atoms with Crippen LogP contribution >= 0.6 is 28.1 Å². The van der Waals surface area contributed by atoms with E-state index in [1.807, 2.05) is 61.2 Å². The Labute approximate surface area is 202 Å². The van der Waals surface area contributed by atoms with Crippen LogP contribution in [0, 0.1) is 13.8 Å². The summed E-state index contributed by atoms with van der Waals surface area (Å²) in [5.74, 6) is 0.325.